The van der Waals surface area contributed by atoms with E-state index >= 15 is 0 Å². The van der Waals surface area contributed by atoms with Crippen LogP contribution in [-0.4, -0.2) is 5.11 Å². The Labute approximate surface area is 99.5 Å². The standard InChI is InChI=1S/C15H24O/c1-6-15(16,12(4)5)14-9-7-13(8-10-14)11(2)3/h7-12,16H,6H2,1-5H3. The summed E-state index contributed by atoms with van der Waals surface area (Å²) in [5, 5.41) is 10.6. The van der Waals surface area contributed by atoms with E-state index in [1.165, 1.54) is 5.56 Å². The third kappa shape index (κ3) is 2.46. The van der Waals surface area contributed by atoms with Crippen molar-refractivity contribution in [3.8, 4) is 0 Å². The lowest BCUT2D eigenvalue weighted by molar-refractivity contribution is -0.0140. The molecule has 0 aromatic heterocycles. The van der Waals surface area contributed by atoms with Crippen molar-refractivity contribution in [1.82, 2.24) is 0 Å². The summed E-state index contributed by atoms with van der Waals surface area (Å²) in [6.45, 7) is 10.5. The maximum absolute atomic E-state index is 10.6. The third-order valence-corrected chi connectivity index (χ3v) is 3.57. The lowest BCUT2D eigenvalue weighted by atomic mass is 9.81. The summed E-state index contributed by atoms with van der Waals surface area (Å²) in [5.74, 6) is 0.783. The number of hydrogen-bond donors (Lipinski definition) is 1. The number of aliphatic hydroxyl groups is 1. The topological polar surface area (TPSA) is 20.2 Å². The summed E-state index contributed by atoms with van der Waals surface area (Å²) in [5.41, 5.74) is 1.68. The van der Waals surface area contributed by atoms with Gasteiger partial charge in [-0.15, -0.1) is 0 Å². The van der Waals surface area contributed by atoms with Crippen LogP contribution < -0.4 is 0 Å². The molecule has 90 valence electrons. The molecule has 1 aromatic carbocycles. The summed E-state index contributed by atoms with van der Waals surface area (Å²) in [6, 6.07) is 8.39. The lowest BCUT2D eigenvalue weighted by Crippen LogP contribution is -2.31. The van der Waals surface area contributed by atoms with Crippen LogP contribution in [0.25, 0.3) is 0 Å². The molecule has 0 radical (unpaired) electrons. The van der Waals surface area contributed by atoms with Gasteiger partial charge in [0.15, 0.2) is 0 Å². The molecule has 0 saturated carbocycles. The first-order valence-corrected chi connectivity index (χ1v) is 6.24. The van der Waals surface area contributed by atoms with Crippen LogP contribution in [0.5, 0.6) is 0 Å². The summed E-state index contributed by atoms with van der Waals surface area (Å²) >= 11 is 0. The van der Waals surface area contributed by atoms with Crippen molar-refractivity contribution in [3.63, 3.8) is 0 Å². The number of hydrogen-bond acceptors (Lipinski definition) is 1. The molecule has 16 heavy (non-hydrogen) atoms. The van der Waals surface area contributed by atoms with Gasteiger partial charge in [-0.25, -0.2) is 0 Å². The monoisotopic (exact) mass is 220 g/mol. The first kappa shape index (κ1) is 13.2. The highest BCUT2D eigenvalue weighted by atomic mass is 16.3. The highest BCUT2D eigenvalue weighted by molar-refractivity contribution is 5.29. The van der Waals surface area contributed by atoms with E-state index in [0.717, 1.165) is 12.0 Å². The van der Waals surface area contributed by atoms with Crippen molar-refractivity contribution >= 4 is 0 Å². The lowest BCUT2D eigenvalue weighted by Gasteiger charge is -2.32. The minimum atomic E-state index is -0.685. The quantitative estimate of drug-likeness (QED) is 0.811. The van der Waals surface area contributed by atoms with Gasteiger partial charge in [0.05, 0.1) is 5.60 Å². The SMILES string of the molecule is CCC(O)(c1ccc(C(C)C)cc1)C(C)C. The molecule has 1 atom stereocenters. The molecular formula is C15H24O. The number of rotatable bonds is 4. The molecule has 1 N–H and O–H groups in total. The summed E-state index contributed by atoms with van der Waals surface area (Å²) in [6.07, 6.45) is 0.756. The van der Waals surface area contributed by atoms with Crippen molar-refractivity contribution in [3.05, 3.63) is 35.4 Å². The Bertz CT molecular complexity index is 324. The molecule has 0 bridgehead atoms. The molecule has 1 heteroatoms. The molecule has 0 spiro atoms. The van der Waals surface area contributed by atoms with Crippen LogP contribution in [-0.2, 0) is 5.60 Å². The van der Waals surface area contributed by atoms with Crippen LogP contribution in [0, 0.1) is 5.92 Å². The van der Waals surface area contributed by atoms with Gasteiger partial charge in [0.25, 0.3) is 0 Å². The summed E-state index contributed by atoms with van der Waals surface area (Å²) < 4.78 is 0. The fourth-order valence-corrected chi connectivity index (χ4v) is 2.10. The second kappa shape index (κ2) is 5.01. The van der Waals surface area contributed by atoms with Crippen LogP contribution in [0.4, 0.5) is 0 Å². The average molecular weight is 220 g/mol. The predicted molar refractivity (Wildman–Crippen MR) is 69.6 cm³/mol. The fourth-order valence-electron chi connectivity index (χ4n) is 2.10. The first-order chi connectivity index (χ1) is 7.41. The van der Waals surface area contributed by atoms with E-state index in [9.17, 15) is 5.11 Å². The van der Waals surface area contributed by atoms with Gasteiger partial charge >= 0.3 is 0 Å². The van der Waals surface area contributed by atoms with E-state index in [4.69, 9.17) is 0 Å². The van der Waals surface area contributed by atoms with Crippen molar-refractivity contribution in [2.24, 2.45) is 5.92 Å². The molecule has 0 aliphatic carbocycles. The summed E-state index contributed by atoms with van der Waals surface area (Å²) in [7, 11) is 0. The Hall–Kier alpha value is -0.820. The zero-order valence-corrected chi connectivity index (χ0v) is 11.1. The molecule has 0 aliphatic heterocycles. The highest BCUT2D eigenvalue weighted by Crippen LogP contribution is 2.33. The molecule has 0 fully saturated rings. The smallest absolute Gasteiger partial charge is 0.0916 e. The Morgan fingerprint density at radius 2 is 1.56 bits per heavy atom. The first-order valence-electron chi connectivity index (χ1n) is 6.24. The van der Waals surface area contributed by atoms with Gasteiger partial charge in [-0.1, -0.05) is 58.9 Å². The van der Waals surface area contributed by atoms with Crippen LogP contribution in [0.1, 0.15) is 58.1 Å². The highest BCUT2D eigenvalue weighted by Gasteiger charge is 2.30. The van der Waals surface area contributed by atoms with Crippen LogP contribution in [0.3, 0.4) is 0 Å². The van der Waals surface area contributed by atoms with E-state index in [0.29, 0.717) is 5.92 Å². The van der Waals surface area contributed by atoms with Gasteiger partial charge in [-0.2, -0.15) is 0 Å². The molecule has 0 saturated heterocycles. The van der Waals surface area contributed by atoms with Gasteiger partial charge in [-0.05, 0) is 29.4 Å². The van der Waals surface area contributed by atoms with E-state index in [-0.39, 0.29) is 5.92 Å². The molecule has 0 heterocycles. The van der Waals surface area contributed by atoms with Crippen molar-refractivity contribution in [1.29, 1.82) is 0 Å². The second-order valence-electron chi connectivity index (χ2n) is 5.21. The molecular weight excluding hydrogens is 196 g/mol. The number of benzene rings is 1. The van der Waals surface area contributed by atoms with Crippen molar-refractivity contribution < 1.29 is 5.11 Å². The zero-order chi connectivity index (χ0) is 12.3. The average Bonchev–Trinajstić information content (AvgIpc) is 2.27. The van der Waals surface area contributed by atoms with E-state index < -0.39 is 5.60 Å². The summed E-state index contributed by atoms with van der Waals surface area (Å²) in [4.78, 5) is 0. The molecule has 1 nitrogen and oxygen atoms in total. The van der Waals surface area contributed by atoms with Crippen LogP contribution in [0.15, 0.2) is 24.3 Å². The van der Waals surface area contributed by atoms with Gasteiger partial charge in [0.2, 0.25) is 0 Å². The van der Waals surface area contributed by atoms with Gasteiger partial charge in [0, 0.05) is 0 Å². The largest absolute Gasteiger partial charge is 0.385 e. The molecule has 1 unspecified atom stereocenters. The van der Waals surface area contributed by atoms with E-state index in [2.05, 4.69) is 52.0 Å². The van der Waals surface area contributed by atoms with Crippen molar-refractivity contribution in [2.75, 3.05) is 0 Å². The second-order valence-corrected chi connectivity index (χ2v) is 5.21. The molecule has 1 rings (SSSR count). The minimum Gasteiger partial charge on any atom is -0.385 e. The Morgan fingerprint density at radius 3 is 1.88 bits per heavy atom. The normalized spacial score (nSPS) is 15.5. The fraction of sp³-hybridized carbons (Fsp3) is 0.600. The Balaban J connectivity index is 3.04. The minimum absolute atomic E-state index is 0.238. The Kier molecular flexibility index (Phi) is 4.15. The van der Waals surface area contributed by atoms with Crippen LogP contribution >= 0.6 is 0 Å². The maximum Gasteiger partial charge on any atom is 0.0916 e. The zero-order valence-electron chi connectivity index (χ0n) is 11.1. The Morgan fingerprint density at radius 1 is 1.06 bits per heavy atom. The van der Waals surface area contributed by atoms with Gasteiger partial charge < -0.3 is 5.11 Å². The van der Waals surface area contributed by atoms with E-state index in [1.54, 1.807) is 0 Å². The molecule has 0 aliphatic rings. The van der Waals surface area contributed by atoms with Gasteiger partial charge in [-0.3, -0.25) is 0 Å². The predicted octanol–water partition coefficient (Wildman–Crippen LogP) is 4.06. The maximum atomic E-state index is 10.6. The van der Waals surface area contributed by atoms with Gasteiger partial charge in [0.1, 0.15) is 0 Å². The van der Waals surface area contributed by atoms with Crippen LogP contribution in [0.2, 0.25) is 0 Å². The van der Waals surface area contributed by atoms with E-state index in [1.807, 2.05) is 6.92 Å². The molecule has 1 aromatic rings. The third-order valence-electron chi connectivity index (χ3n) is 3.57. The molecule has 0 amide bonds. The van der Waals surface area contributed by atoms with Crippen molar-refractivity contribution in [2.45, 2.75) is 52.6 Å².